The van der Waals surface area contributed by atoms with E-state index in [0.29, 0.717) is 0 Å². The molecule has 0 amide bonds. The minimum absolute atomic E-state index is 0.297. The number of aryl methyl sites for hydroxylation is 1. The average molecular weight is 167 g/mol. The molecule has 0 aliphatic rings. The molecule has 0 N–H and O–H groups in total. The van der Waals surface area contributed by atoms with Gasteiger partial charge in [-0.1, -0.05) is 0 Å². The van der Waals surface area contributed by atoms with Crippen molar-refractivity contribution in [3.8, 4) is 0 Å². The van der Waals surface area contributed by atoms with Crippen LogP contribution in [-0.4, -0.2) is 9.78 Å². The molecule has 1 rings (SSSR count). The molecule has 1 heterocycles. The molecule has 0 spiro atoms. The maximum atomic E-state index is 12.3. The molecule has 1 aromatic heterocycles. The Morgan fingerprint density at radius 3 is 2.50 bits per heavy atom. The van der Waals surface area contributed by atoms with Crippen LogP contribution in [0.5, 0.6) is 0 Å². The highest BCUT2D eigenvalue weighted by Crippen LogP contribution is 2.31. The number of rotatable bonds is 1. The third-order valence-corrected chi connectivity index (χ3v) is 1.30. The van der Waals surface area contributed by atoms with Gasteiger partial charge in [-0.25, -0.2) is 0 Å². The molecule has 0 bridgehead atoms. The Labute approximate surface area is 61.4 Å². The molecule has 5 heteroatoms. The third-order valence-electron chi connectivity index (χ3n) is 1.11. The smallest absolute Gasteiger partial charge is 0.265 e. The maximum absolute atomic E-state index is 12.3. The summed E-state index contributed by atoms with van der Waals surface area (Å²) in [5.74, 6) is 0. The molecule has 0 saturated heterocycles. The van der Waals surface area contributed by atoms with Gasteiger partial charge in [0, 0.05) is 13.2 Å². The first-order chi connectivity index (χ1) is 4.52. The van der Waals surface area contributed by atoms with Crippen LogP contribution < -0.4 is 0 Å². The molecular formula is C5H5ClF2N2. The summed E-state index contributed by atoms with van der Waals surface area (Å²) in [7, 11) is 1.41. The van der Waals surface area contributed by atoms with Gasteiger partial charge in [-0.3, -0.25) is 4.68 Å². The van der Waals surface area contributed by atoms with Gasteiger partial charge in [0.15, 0.2) is 0 Å². The summed E-state index contributed by atoms with van der Waals surface area (Å²) in [6.45, 7) is 0. The summed E-state index contributed by atoms with van der Waals surface area (Å²) in [6.07, 6.45) is 1.27. The predicted molar refractivity (Wildman–Crippen MR) is 33.0 cm³/mol. The number of alkyl halides is 3. The zero-order valence-corrected chi connectivity index (χ0v) is 5.94. The van der Waals surface area contributed by atoms with E-state index in [9.17, 15) is 8.78 Å². The van der Waals surface area contributed by atoms with E-state index in [1.165, 1.54) is 19.3 Å². The van der Waals surface area contributed by atoms with Crippen molar-refractivity contribution in [2.24, 2.45) is 7.05 Å². The van der Waals surface area contributed by atoms with Gasteiger partial charge in [0.1, 0.15) is 5.69 Å². The minimum Gasteiger partial charge on any atom is -0.265 e. The fourth-order valence-corrected chi connectivity index (χ4v) is 0.837. The molecule has 56 valence electrons. The first-order valence-corrected chi connectivity index (χ1v) is 2.95. The van der Waals surface area contributed by atoms with Gasteiger partial charge >= 0.3 is 5.38 Å². The van der Waals surface area contributed by atoms with Crippen LogP contribution >= 0.6 is 11.6 Å². The summed E-state index contributed by atoms with van der Waals surface area (Å²) < 4.78 is 25.5. The first kappa shape index (κ1) is 7.47. The van der Waals surface area contributed by atoms with Crippen LogP contribution in [0, 0.1) is 0 Å². The second-order valence-electron chi connectivity index (χ2n) is 1.84. The van der Waals surface area contributed by atoms with Crippen molar-refractivity contribution in [3.05, 3.63) is 18.0 Å². The molecule has 2 nitrogen and oxygen atoms in total. The number of aromatic nitrogens is 2. The van der Waals surface area contributed by atoms with Crippen molar-refractivity contribution >= 4 is 11.6 Å². The minimum atomic E-state index is -3.31. The van der Waals surface area contributed by atoms with Crippen molar-refractivity contribution < 1.29 is 8.78 Å². The van der Waals surface area contributed by atoms with Crippen LogP contribution in [0.15, 0.2) is 12.3 Å². The highest BCUT2D eigenvalue weighted by molar-refractivity contribution is 6.21. The average Bonchev–Trinajstić information content (AvgIpc) is 2.11. The second kappa shape index (κ2) is 2.20. The van der Waals surface area contributed by atoms with Crippen molar-refractivity contribution in [1.29, 1.82) is 0 Å². The molecule has 0 unspecified atom stereocenters. The molecule has 0 radical (unpaired) electrons. The van der Waals surface area contributed by atoms with Gasteiger partial charge < -0.3 is 0 Å². The van der Waals surface area contributed by atoms with Crippen LogP contribution in [0.2, 0.25) is 0 Å². The Morgan fingerprint density at radius 1 is 1.70 bits per heavy atom. The van der Waals surface area contributed by atoms with Crippen LogP contribution in [0.1, 0.15) is 5.69 Å². The van der Waals surface area contributed by atoms with E-state index in [0.717, 1.165) is 4.68 Å². The normalized spacial score (nSPS) is 12.0. The van der Waals surface area contributed by atoms with E-state index >= 15 is 0 Å². The summed E-state index contributed by atoms with van der Waals surface area (Å²) in [5.41, 5.74) is -0.297. The number of hydrogen-bond donors (Lipinski definition) is 0. The van der Waals surface area contributed by atoms with Crippen LogP contribution in [0.25, 0.3) is 0 Å². The molecule has 0 aliphatic heterocycles. The second-order valence-corrected chi connectivity index (χ2v) is 2.31. The number of nitrogens with zero attached hydrogens (tertiary/aromatic N) is 2. The van der Waals surface area contributed by atoms with Crippen molar-refractivity contribution in [3.63, 3.8) is 0 Å². The van der Waals surface area contributed by atoms with E-state index in [1.807, 2.05) is 0 Å². The van der Waals surface area contributed by atoms with E-state index in [-0.39, 0.29) is 5.69 Å². The van der Waals surface area contributed by atoms with E-state index < -0.39 is 5.38 Å². The fraction of sp³-hybridized carbons (Fsp3) is 0.400. The Hall–Kier alpha value is -0.640. The molecule has 0 atom stereocenters. The van der Waals surface area contributed by atoms with Gasteiger partial charge in [-0.2, -0.15) is 13.9 Å². The Morgan fingerprint density at radius 2 is 2.30 bits per heavy atom. The maximum Gasteiger partial charge on any atom is 0.364 e. The van der Waals surface area contributed by atoms with Crippen molar-refractivity contribution in [2.45, 2.75) is 5.38 Å². The lowest BCUT2D eigenvalue weighted by molar-refractivity contribution is 0.0853. The zero-order chi connectivity index (χ0) is 7.78. The molecule has 0 aromatic carbocycles. The van der Waals surface area contributed by atoms with E-state index in [1.54, 1.807) is 0 Å². The quantitative estimate of drug-likeness (QED) is 0.581. The molecule has 0 fully saturated rings. The largest absolute Gasteiger partial charge is 0.364 e. The molecule has 10 heavy (non-hydrogen) atoms. The van der Waals surface area contributed by atoms with Crippen molar-refractivity contribution in [2.75, 3.05) is 0 Å². The Balaban J connectivity index is 3.05. The Kier molecular flexibility index (Phi) is 1.64. The standard InChI is InChI=1S/C5H5ClF2N2/c1-10-4(2-3-9-10)5(6,7)8/h2-3H,1H3. The van der Waals surface area contributed by atoms with Gasteiger partial charge in [0.2, 0.25) is 0 Å². The molecule has 0 aliphatic carbocycles. The van der Waals surface area contributed by atoms with Gasteiger partial charge in [0.25, 0.3) is 0 Å². The molecule has 0 saturated carbocycles. The van der Waals surface area contributed by atoms with E-state index in [2.05, 4.69) is 5.10 Å². The molecule has 1 aromatic rings. The van der Waals surface area contributed by atoms with Crippen LogP contribution in [-0.2, 0) is 12.4 Å². The Bertz CT molecular complexity index is 228. The van der Waals surface area contributed by atoms with Gasteiger partial charge in [-0.15, -0.1) is 0 Å². The monoisotopic (exact) mass is 166 g/mol. The van der Waals surface area contributed by atoms with Crippen molar-refractivity contribution in [1.82, 2.24) is 9.78 Å². The lowest BCUT2D eigenvalue weighted by atomic mass is 10.4. The summed E-state index contributed by atoms with van der Waals surface area (Å²) in [4.78, 5) is 0. The summed E-state index contributed by atoms with van der Waals surface area (Å²) in [5, 5.41) is 0.221. The summed E-state index contributed by atoms with van der Waals surface area (Å²) >= 11 is 4.71. The fourth-order valence-electron chi connectivity index (χ4n) is 0.652. The lowest BCUT2D eigenvalue weighted by Crippen LogP contribution is -2.10. The topological polar surface area (TPSA) is 17.8 Å². The first-order valence-electron chi connectivity index (χ1n) is 2.57. The zero-order valence-electron chi connectivity index (χ0n) is 5.18. The van der Waals surface area contributed by atoms with Gasteiger partial charge in [0.05, 0.1) is 0 Å². The number of hydrogen-bond acceptors (Lipinski definition) is 1. The lowest BCUT2D eigenvalue weighted by Gasteiger charge is -2.06. The van der Waals surface area contributed by atoms with Gasteiger partial charge in [-0.05, 0) is 17.7 Å². The number of halogens is 3. The van der Waals surface area contributed by atoms with Crippen LogP contribution in [0.3, 0.4) is 0 Å². The summed E-state index contributed by atoms with van der Waals surface area (Å²) in [6, 6.07) is 1.17. The highest BCUT2D eigenvalue weighted by atomic mass is 35.5. The SMILES string of the molecule is Cn1nccc1C(F)(F)Cl. The predicted octanol–water partition coefficient (Wildman–Crippen LogP) is 1.71. The third kappa shape index (κ3) is 1.26. The molecular weight excluding hydrogens is 162 g/mol. The van der Waals surface area contributed by atoms with E-state index in [4.69, 9.17) is 11.6 Å². The highest BCUT2D eigenvalue weighted by Gasteiger charge is 2.30. The van der Waals surface area contributed by atoms with Crippen LogP contribution in [0.4, 0.5) is 8.78 Å².